The van der Waals surface area contributed by atoms with E-state index in [1.54, 1.807) is 0 Å². The molecule has 202 valence electrons. The second kappa shape index (κ2) is 13.0. The zero-order valence-corrected chi connectivity index (χ0v) is 23.8. The second-order valence-electron chi connectivity index (χ2n) is 11.5. The van der Waals surface area contributed by atoms with Crippen molar-refractivity contribution in [3.63, 3.8) is 0 Å². The Kier molecular flexibility index (Phi) is 10.3. The van der Waals surface area contributed by atoms with E-state index in [-0.39, 0.29) is 29.5 Å². The van der Waals surface area contributed by atoms with Crippen LogP contribution in [0.25, 0.3) is 0 Å². The maximum atomic E-state index is 11.4. The van der Waals surface area contributed by atoms with Crippen LogP contribution in [-0.4, -0.2) is 23.8 Å². The highest BCUT2D eigenvalue weighted by atomic mass is 35.5. The third-order valence-corrected chi connectivity index (χ3v) is 7.71. The minimum absolute atomic E-state index is 0.0317. The first-order valence-electron chi connectivity index (χ1n) is 13.6. The molecule has 0 aromatic heterocycles. The first kappa shape index (κ1) is 29.3. The average molecular weight is 527 g/mol. The Labute approximate surface area is 228 Å². The smallest absolute Gasteiger partial charge is 0.341 e. The molecule has 1 saturated heterocycles. The van der Waals surface area contributed by atoms with E-state index in [1.165, 1.54) is 24.8 Å². The first-order chi connectivity index (χ1) is 17.5. The van der Waals surface area contributed by atoms with Crippen molar-refractivity contribution in [1.82, 2.24) is 0 Å². The second-order valence-corrected chi connectivity index (χ2v) is 11.9. The number of hydrogen-bond donors (Lipinski definition) is 1. The highest BCUT2D eigenvalue weighted by molar-refractivity contribution is 6.32. The van der Waals surface area contributed by atoms with Crippen molar-refractivity contribution in [1.29, 1.82) is 0 Å². The summed E-state index contributed by atoms with van der Waals surface area (Å²) in [6, 6.07) is 14.6. The maximum Gasteiger partial charge on any atom is 0.341 e. The van der Waals surface area contributed by atoms with Gasteiger partial charge in [0.15, 0.2) is 6.61 Å². The van der Waals surface area contributed by atoms with E-state index in [2.05, 4.69) is 77.6 Å². The van der Waals surface area contributed by atoms with E-state index >= 15 is 0 Å². The predicted octanol–water partition coefficient (Wildman–Crippen LogP) is 8.88. The zero-order valence-electron chi connectivity index (χ0n) is 23.1. The largest absolute Gasteiger partial charge is 0.480 e. The Morgan fingerprint density at radius 2 is 1.86 bits per heavy atom. The van der Waals surface area contributed by atoms with Gasteiger partial charge in [0.1, 0.15) is 5.75 Å². The number of ether oxygens (including phenoxy) is 2. The number of rotatable bonds is 11. The van der Waals surface area contributed by atoms with Crippen LogP contribution in [0, 0.1) is 5.92 Å². The van der Waals surface area contributed by atoms with Gasteiger partial charge in [-0.2, -0.15) is 0 Å². The van der Waals surface area contributed by atoms with Gasteiger partial charge in [-0.1, -0.05) is 107 Å². The van der Waals surface area contributed by atoms with Gasteiger partial charge >= 0.3 is 5.97 Å². The Balaban J connectivity index is 2.08. The van der Waals surface area contributed by atoms with Crippen molar-refractivity contribution in [3.05, 3.63) is 76.3 Å². The maximum absolute atomic E-state index is 11.4. The van der Waals surface area contributed by atoms with Crippen molar-refractivity contribution in [2.75, 3.05) is 6.61 Å². The number of carboxylic acids is 1. The molecule has 0 spiro atoms. The van der Waals surface area contributed by atoms with Gasteiger partial charge in [0.25, 0.3) is 0 Å². The molecule has 0 amide bonds. The van der Waals surface area contributed by atoms with Crippen LogP contribution in [0.2, 0.25) is 5.02 Å². The van der Waals surface area contributed by atoms with Gasteiger partial charge in [-0.05, 0) is 48.4 Å². The molecule has 1 fully saturated rings. The van der Waals surface area contributed by atoms with Crippen molar-refractivity contribution in [3.8, 4) is 5.75 Å². The molecule has 0 aliphatic carbocycles. The lowest BCUT2D eigenvalue weighted by Crippen LogP contribution is -2.36. The predicted molar refractivity (Wildman–Crippen MR) is 152 cm³/mol. The van der Waals surface area contributed by atoms with Crippen LogP contribution in [-0.2, 0) is 14.9 Å². The van der Waals surface area contributed by atoms with Gasteiger partial charge in [-0.15, -0.1) is 0 Å². The molecule has 2 aromatic carbocycles. The number of hydrogen-bond acceptors (Lipinski definition) is 3. The van der Waals surface area contributed by atoms with Crippen molar-refractivity contribution in [2.45, 2.75) is 96.7 Å². The summed E-state index contributed by atoms with van der Waals surface area (Å²) in [4.78, 5) is 11.4. The van der Waals surface area contributed by atoms with Crippen LogP contribution in [0.15, 0.2) is 54.6 Å². The SMILES string of the molecule is C=C(C)[C@@H]1C[C@H](c2ccccc2)[C@H](CCCCCC)O[C@@H]1c1cc(C(C)(C)C)cc(Cl)c1OCC(=O)O. The van der Waals surface area contributed by atoms with Crippen LogP contribution in [0.4, 0.5) is 0 Å². The van der Waals surface area contributed by atoms with E-state index in [4.69, 9.17) is 21.1 Å². The molecule has 1 heterocycles. The summed E-state index contributed by atoms with van der Waals surface area (Å²) in [7, 11) is 0. The molecule has 37 heavy (non-hydrogen) atoms. The van der Waals surface area contributed by atoms with E-state index < -0.39 is 12.6 Å². The van der Waals surface area contributed by atoms with Gasteiger partial charge in [-0.3, -0.25) is 0 Å². The van der Waals surface area contributed by atoms with Gasteiger partial charge in [0.05, 0.1) is 17.2 Å². The molecule has 5 heteroatoms. The summed E-state index contributed by atoms with van der Waals surface area (Å²) in [5.74, 6) is -0.349. The summed E-state index contributed by atoms with van der Waals surface area (Å²) in [6.07, 6.45) is 6.28. The van der Waals surface area contributed by atoms with Gasteiger partial charge in [0, 0.05) is 17.4 Å². The third kappa shape index (κ3) is 7.61. The fourth-order valence-corrected chi connectivity index (χ4v) is 5.60. The van der Waals surface area contributed by atoms with Crippen LogP contribution in [0.5, 0.6) is 5.75 Å². The lowest BCUT2D eigenvalue weighted by atomic mass is 9.74. The molecule has 0 bridgehead atoms. The zero-order chi connectivity index (χ0) is 27.2. The van der Waals surface area contributed by atoms with E-state index in [1.807, 2.05) is 6.07 Å². The monoisotopic (exact) mass is 526 g/mol. The normalized spacial score (nSPS) is 22.0. The molecule has 3 rings (SSSR count). The molecular formula is C32H43ClO4. The Bertz CT molecular complexity index is 1060. The summed E-state index contributed by atoms with van der Waals surface area (Å²) >= 11 is 6.75. The minimum Gasteiger partial charge on any atom is -0.480 e. The molecule has 2 aromatic rings. The van der Waals surface area contributed by atoms with E-state index in [9.17, 15) is 9.90 Å². The van der Waals surface area contributed by atoms with Crippen LogP contribution in [0.1, 0.15) is 102 Å². The van der Waals surface area contributed by atoms with Gasteiger partial charge in [-0.25, -0.2) is 4.79 Å². The van der Waals surface area contributed by atoms with Crippen LogP contribution >= 0.6 is 11.6 Å². The third-order valence-electron chi connectivity index (χ3n) is 7.43. The van der Waals surface area contributed by atoms with Gasteiger partial charge in [0.2, 0.25) is 0 Å². The van der Waals surface area contributed by atoms with Crippen molar-refractivity contribution >= 4 is 17.6 Å². The van der Waals surface area contributed by atoms with E-state index in [0.717, 1.165) is 36.0 Å². The number of halogens is 1. The molecule has 1 N–H and O–H groups in total. The van der Waals surface area contributed by atoms with E-state index in [0.29, 0.717) is 10.8 Å². The quantitative estimate of drug-likeness (QED) is 0.234. The standard InChI is InChI=1S/C32H43ClO4/c1-7-8-9-13-16-28-25(22-14-11-10-12-15-22)19-24(21(2)3)30(37-28)26-17-23(32(4,5)6)18-27(33)31(26)36-20-29(34)35/h10-12,14-15,17-18,24-25,28,30H,2,7-9,13,16,19-20H2,1,3-6H3,(H,34,35)/t24-,25+,28-,30-/m0/s1. The summed E-state index contributed by atoms with van der Waals surface area (Å²) in [5.41, 5.74) is 4.05. The molecule has 0 radical (unpaired) electrons. The molecular weight excluding hydrogens is 484 g/mol. The molecule has 0 unspecified atom stereocenters. The number of carboxylic acid groups (broad SMARTS) is 1. The minimum atomic E-state index is -1.04. The Hall–Kier alpha value is -2.30. The van der Waals surface area contributed by atoms with Crippen molar-refractivity contribution in [2.24, 2.45) is 5.92 Å². The molecule has 1 aliphatic rings. The summed E-state index contributed by atoms with van der Waals surface area (Å²) < 4.78 is 12.8. The molecule has 4 nitrogen and oxygen atoms in total. The van der Waals surface area contributed by atoms with Crippen LogP contribution in [0.3, 0.4) is 0 Å². The fourth-order valence-electron chi connectivity index (χ4n) is 5.31. The highest BCUT2D eigenvalue weighted by Crippen LogP contribution is 2.51. The van der Waals surface area contributed by atoms with Gasteiger partial charge < -0.3 is 14.6 Å². The number of benzene rings is 2. The summed E-state index contributed by atoms with van der Waals surface area (Å²) in [5, 5.41) is 9.74. The Morgan fingerprint density at radius 1 is 1.16 bits per heavy atom. The van der Waals surface area contributed by atoms with Crippen LogP contribution < -0.4 is 4.74 Å². The molecule has 0 saturated carbocycles. The Morgan fingerprint density at radius 3 is 2.46 bits per heavy atom. The topological polar surface area (TPSA) is 55.8 Å². The molecule has 4 atom stereocenters. The lowest BCUT2D eigenvalue weighted by Gasteiger charge is -2.43. The van der Waals surface area contributed by atoms with Crippen molar-refractivity contribution < 1.29 is 19.4 Å². The molecule has 1 aliphatic heterocycles. The highest BCUT2D eigenvalue weighted by Gasteiger charge is 2.41. The lowest BCUT2D eigenvalue weighted by molar-refractivity contribution is -0.139. The first-order valence-corrected chi connectivity index (χ1v) is 13.9. The summed E-state index contributed by atoms with van der Waals surface area (Å²) in [6.45, 7) is 14.6. The fraction of sp³-hybridized carbons (Fsp3) is 0.531. The average Bonchev–Trinajstić information content (AvgIpc) is 2.84. The number of unbranched alkanes of at least 4 members (excludes halogenated alkanes) is 3. The number of carbonyl (C=O) groups is 1. The number of aliphatic carboxylic acids is 1.